The normalized spacial score (nSPS) is 24.4. The molecule has 2 aromatic rings. The SMILES string of the molecule is CC1(c2nc(-c3cc(Br)cs3)no2)CCNC1. The van der Waals surface area contributed by atoms with Crippen molar-refractivity contribution in [1.29, 1.82) is 0 Å². The van der Waals surface area contributed by atoms with Crippen molar-refractivity contribution in [1.82, 2.24) is 15.5 Å². The van der Waals surface area contributed by atoms with Crippen LogP contribution in [0.5, 0.6) is 0 Å². The molecule has 0 amide bonds. The van der Waals surface area contributed by atoms with Gasteiger partial charge in [-0.15, -0.1) is 11.3 Å². The zero-order chi connectivity index (χ0) is 11.9. The average Bonchev–Trinajstić information content (AvgIpc) is 2.96. The van der Waals surface area contributed by atoms with E-state index in [1.165, 1.54) is 0 Å². The molecular formula is C11H12BrN3OS. The van der Waals surface area contributed by atoms with Crippen molar-refractivity contribution < 1.29 is 4.52 Å². The van der Waals surface area contributed by atoms with E-state index in [-0.39, 0.29) is 5.41 Å². The van der Waals surface area contributed by atoms with E-state index in [1.54, 1.807) is 11.3 Å². The van der Waals surface area contributed by atoms with Gasteiger partial charge in [0.2, 0.25) is 11.7 Å². The molecule has 1 fully saturated rings. The van der Waals surface area contributed by atoms with E-state index in [0.717, 1.165) is 34.8 Å². The van der Waals surface area contributed by atoms with Gasteiger partial charge in [-0.2, -0.15) is 4.98 Å². The third-order valence-electron chi connectivity index (χ3n) is 3.10. The Morgan fingerprint density at radius 3 is 3.12 bits per heavy atom. The fraction of sp³-hybridized carbons (Fsp3) is 0.455. The second kappa shape index (κ2) is 4.19. The molecule has 90 valence electrons. The Bertz CT molecular complexity index is 530. The minimum atomic E-state index is -0.0141. The van der Waals surface area contributed by atoms with Crippen molar-refractivity contribution in [2.75, 3.05) is 13.1 Å². The van der Waals surface area contributed by atoms with E-state index < -0.39 is 0 Å². The lowest BCUT2D eigenvalue weighted by Gasteiger charge is -2.15. The molecule has 0 aromatic carbocycles. The number of hydrogen-bond acceptors (Lipinski definition) is 5. The minimum absolute atomic E-state index is 0.0141. The van der Waals surface area contributed by atoms with E-state index >= 15 is 0 Å². The van der Waals surface area contributed by atoms with Crippen LogP contribution in [0, 0.1) is 0 Å². The first-order chi connectivity index (χ1) is 8.17. The number of halogens is 1. The molecule has 1 unspecified atom stereocenters. The zero-order valence-electron chi connectivity index (χ0n) is 9.36. The molecule has 3 heterocycles. The lowest BCUT2D eigenvalue weighted by molar-refractivity contribution is 0.306. The maximum Gasteiger partial charge on any atom is 0.234 e. The summed E-state index contributed by atoms with van der Waals surface area (Å²) in [6, 6.07) is 2.01. The highest BCUT2D eigenvalue weighted by molar-refractivity contribution is 9.10. The lowest BCUT2D eigenvalue weighted by Crippen LogP contribution is -2.25. The summed E-state index contributed by atoms with van der Waals surface area (Å²) >= 11 is 5.04. The predicted molar refractivity (Wildman–Crippen MR) is 70.1 cm³/mol. The van der Waals surface area contributed by atoms with Gasteiger partial charge in [0, 0.05) is 16.4 Å². The smallest absolute Gasteiger partial charge is 0.234 e. The van der Waals surface area contributed by atoms with Crippen LogP contribution in [0.1, 0.15) is 19.2 Å². The van der Waals surface area contributed by atoms with Gasteiger partial charge in [-0.1, -0.05) is 5.16 Å². The largest absolute Gasteiger partial charge is 0.338 e. The van der Waals surface area contributed by atoms with Crippen LogP contribution in [0.3, 0.4) is 0 Å². The summed E-state index contributed by atoms with van der Waals surface area (Å²) in [4.78, 5) is 5.55. The highest BCUT2D eigenvalue weighted by atomic mass is 79.9. The summed E-state index contributed by atoms with van der Waals surface area (Å²) in [6.07, 6.45) is 1.04. The van der Waals surface area contributed by atoms with Crippen molar-refractivity contribution in [3.8, 4) is 10.7 Å². The van der Waals surface area contributed by atoms with Gasteiger partial charge in [-0.05, 0) is 41.9 Å². The third kappa shape index (κ3) is 2.05. The highest BCUT2D eigenvalue weighted by Crippen LogP contribution is 2.32. The lowest BCUT2D eigenvalue weighted by atomic mass is 9.90. The Kier molecular flexibility index (Phi) is 2.80. The second-order valence-electron chi connectivity index (χ2n) is 4.54. The first-order valence-corrected chi connectivity index (χ1v) is 7.14. The molecule has 0 bridgehead atoms. The molecule has 1 saturated heterocycles. The molecule has 0 saturated carbocycles. The van der Waals surface area contributed by atoms with Crippen LogP contribution < -0.4 is 5.32 Å². The van der Waals surface area contributed by atoms with Gasteiger partial charge in [-0.3, -0.25) is 0 Å². The average molecular weight is 314 g/mol. The standard InChI is InChI=1S/C11H12BrN3OS/c1-11(2-3-13-6-11)10-14-9(15-16-10)8-4-7(12)5-17-8/h4-5,13H,2-3,6H2,1H3. The number of nitrogens with zero attached hydrogens (tertiary/aromatic N) is 2. The van der Waals surface area contributed by atoms with Crippen molar-refractivity contribution in [3.63, 3.8) is 0 Å². The first-order valence-electron chi connectivity index (χ1n) is 5.47. The van der Waals surface area contributed by atoms with E-state index in [0.29, 0.717) is 5.82 Å². The van der Waals surface area contributed by atoms with Gasteiger partial charge < -0.3 is 9.84 Å². The Morgan fingerprint density at radius 1 is 1.59 bits per heavy atom. The van der Waals surface area contributed by atoms with E-state index in [2.05, 4.69) is 38.3 Å². The molecule has 1 aliphatic heterocycles. The van der Waals surface area contributed by atoms with E-state index in [4.69, 9.17) is 4.52 Å². The number of rotatable bonds is 2. The molecule has 6 heteroatoms. The zero-order valence-corrected chi connectivity index (χ0v) is 11.8. The summed E-state index contributed by atoms with van der Waals surface area (Å²) in [6.45, 7) is 4.08. The molecule has 17 heavy (non-hydrogen) atoms. The Balaban J connectivity index is 1.92. The van der Waals surface area contributed by atoms with Crippen LogP contribution in [0.4, 0.5) is 0 Å². The molecule has 3 rings (SSSR count). The van der Waals surface area contributed by atoms with E-state index in [9.17, 15) is 0 Å². The molecule has 0 radical (unpaired) electrons. The molecule has 1 aliphatic rings. The maximum absolute atomic E-state index is 5.41. The topological polar surface area (TPSA) is 51.0 Å². The van der Waals surface area contributed by atoms with Gasteiger partial charge in [0.05, 0.1) is 10.3 Å². The molecular weight excluding hydrogens is 302 g/mol. The van der Waals surface area contributed by atoms with Crippen LogP contribution in [0.25, 0.3) is 10.7 Å². The van der Waals surface area contributed by atoms with E-state index in [1.807, 2.05) is 11.4 Å². The molecule has 0 aliphatic carbocycles. The monoisotopic (exact) mass is 313 g/mol. The van der Waals surface area contributed by atoms with Crippen LogP contribution in [-0.4, -0.2) is 23.2 Å². The van der Waals surface area contributed by atoms with Gasteiger partial charge in [-0.25, -0.2) is 0 Å². The summed E-state index contributed by atoms with van der Waals surface area (Å²) in [5.74, 6) is 1.42. The number of nitrogens with one attached hydrogen (secondary N) is 1. The molecule has 1 atom stereocenters. The van der Waals surface area contributed by atoms with Gasteiger partial charge in [0.25, 0.3) is 0 Å². The summed E-state index contributed by atoms with van der Waals surface area (Å²) in [5, 5.41) is 9.42. The molecule has 4 nitrogen and oxygen atoms in total. The third-order valence-corrected chi connectivity index (χ3v) is 4.79. The van der Waals surface area contributed by atoms with Gasteiger partial charge in [0.1, 0.15) is 0 Å². The highest BCUT2D eigenvalue weighted by Gasteiger charge is 2.36. The summed E-state index contributed by atoms with van der Waals surface area (Å²) in [7, 11) is 0. The summed E-state index contributed by atoms with van der Waals surface area (Å²) in [5.41, 5.74) is -0.0141. The molecule has 0 spiro atoms. The number of thiophene rings is 1. The van der Waals surface area contributed by atoms with Crippen molar-refractivity contribution in [2.24, 2.45) is 0 Å². The molecule has 2 aromatic heterocycles. The van der Waals surface area contributed by atoms with Crippen molar-refractivity contribution >= 4 is 27.3 Å². The Labute approximate surface area is 112 Å². The van der Waals surface area contributed by atoms with Gasteiger partial charge >= 0.3 is 0 Å². The number of aromatic nitrogens is 2. The van der Waals surface area contributed by atoms with Crippen LogP contribution in [0.15, 0.2) is 20.4 Å². The van der Waals surface area contributed by atoms with Gasteiger partial charge in [0.15, 0.2) is 0 Å². The quantitative estimate of drug-likeness (QED) is 0.926. The molecule has 1 N–H and O–H groups in total. The maximum atomic E-state index is 5.41. The Morgan fingerprint density at radius 2 is 2.47 bits per heavy atom. The first kappa shape index (κ1) is 11.4. The van der Waals surface area contributed by atoms with Crippen LogP contribution >= 0.6 is 27.3 Å². The Hall–Kier alpha value is -0.720. The van der Waals surface area contributed by atoms with Crippen molar-refractivity contribution in [2.45, 2.75) is 18.8 Å². The number of hydrogen-bond donors (Lipinski definition) is 1. The fourth-order valence-electron chi connectivity index (χ4n) is 2.00. The van der Waals surface area contributed by atoms with Crippen LogP contribution in [-0.2, 0) is 5.41 Å². The fourth-order valence-corrected chi connectivity index (χ4v) is 3.35. The summed E-state index contributed by atoms with van der Waals surface area (Å²) < 4.78 is 6.46. The van der Waals surface area contributed by atoms with Crippen LogP contribution in [0.2, 0.25) is 0 Å². The predicted octanol–water partition coefficient (Wildman–Crippen LogP) is 2.81. The second-order valence-corrected chi connectivity index (χ2v) is 6.37. The van der Waals surface area contributed by atoms with Crippen molar-refractivity contribution in [3.05, 3.63) is 21.8 Å². The minimum Gasteiger partial charge on any atom is -0.338 e.